The molecule has 1 fully saturated rings. The number of hydrogen-bond donors (Lipinski definition) is 1. The summed E-state index contributed by atoms with van der Waals surface area (Å²) in [5.41, 5.74) is 0. The van der Waals surface area contributed by atoms with Crippen molar-refractivity contribution < 1.29 is 5.11 Å². The van der Waals surface area contributed by atoms with Gasteiger partial charge in [0.25, 0.3) is 0 Å². The van der Waals surface area contributed by atoms with Crippen molar-refractivity contribution >= 4 is 0 Å². The van der Waals surface area contributed by atoms with Gasteiger partial charge in [-0.05, 0) is 38.5 Å². The smallest absolute Gasteiger partial charge is 0.0515 e. The number of hydrogen-bond acceptors (Lipinski definition) is 1. The summed E-state index contributed by atoms with van der Waals surface area (Å²) in [6, 6.07) is 0. The molecule has 0 heterocycles. The van der Waals surface area contributed by atoms with Gasteiger partial charge in [0.15, 0.2) is 0 Å². The fraction of sp³-hybridized carbons (Fsp3) is 0.833. The highest BCUT2D eigenvalue weighted by Crippen LogP contribution is 2.24. The Morgan fingerprint density at radius 3 is 2.62 bits per heavy atom. The van der Waals surface area contributed by atoms with Crippen molar-refractivity contribution in [1.82, 2.24) is 0 Å². The molecule has 0 amide bonds. The van der Waals surface area contributed by atoms with E-state index in [0.29, 0.717) is 0 Å². The normalized spacial score (nSPS) is 22.3. The van der Waals surface area contributed by atoms with Gasteiger partial charge in [0.1, 0.15) is 0 Å². The predicted octanol–water partition coefficient (Wildman–Crippen LogP) is 3.28. The highest BCUT2D eigenvalue weighted by Gasteiger charge is 2.09. The van der Waals surface area contributed by atoms with E-state index < -0.39 is 0 Å². The largest absolute Gasteiger partial charge is 0.393 e. The number of aliphatic hydroxyl groups excluding tert-OH is 1. The molecule has 0 radical (unpaired) electrons. The molecule has 1 saturated carbocycles. The van der Waals surface area contributed by atoms with Gasteiger partial charge < -0.3 is 5.11 Å². The molecule has 0 saturated heterocycles. The average Bonchev–Trinajstić information content (AvgIpc) is 2.14. The lowest BCUT2D eigenvalue weighted by Crippen LogP contribution is -2.02. The molecule has 0 aromatic rings. The van der Waals surface area contributed by atoms with E-state index in [-0.39, 0.29) is 6.10 Å². The van der Waals surface area contributed by atoms with Gasteiger partial charge in [0, 0.05) is 0 Å². The maximum Gasteiger partial charge on any atom is 0.0515 e. The number of allylic oxidation sites excluding steroid dienone is 2. The standard InChI is InChI=1S/C12H22O/c1-11(13)7-5-6-10-12-8-3-2-4-9-12/h6,10-13H,2-5,7-9H2,1H3. The Morgan fingerprint density at radius 2 is 2.00 bits per heavy atom. The van der Waals surface area contributed by atoms with Crippen molar-refractivity contribution in [3.05, 3.63) is 12.2 Å². The van der Waals surface area contributed by atoms with Crippen LogP contribution in [0.1, 0.15) is 51.9 Å². The maximum absolute atomic E-state index is 9.06. The fourth-order valence-corrected chi connectivity index (χ4v) is 1.95. The first-order valence-corrected chi connectivity index (χ1v) is 5.64. The van der Waals surface area contributed by atoms with E-state index in [1.165, 1.54) is 32.1 Å². The molecule has 1 N–H and O–H groups in total. The van der Waals surface area contributed by atoms with E-state index >= 15 is 0 Å². The first-order valence-electron chi connectivity index (χ1n) is 5.64. The molecule has 0 aromatic carbocycles. The minimum Gasteiger partial charge on any atom is -0.393 e. The summed E-state index contributed by atoms with van der Waals surface area (Å²) in [5.74, 6) is 0.836. The van der Waals surface area contributed by atoms with Crippen LogP contribution in [0.3, 0.4) is 0 Å². The molecule has 1 aliphatic carbocycles. The lowest BCUT2D eigenvalue weighted by atomic mass is 9.89. The summed E-state index contributed by atoms with van der Waals surface area (Å²) in [6.07, 6.45) is 13.4. The van der Waals surface area contributed by atoms with Gasteiger partial charge >= 0.3 is 0 Å². The lowest BCUT2D eigenvalue weighted by Gasteiger charge is -2.17. The van der Waals surface area contributed by atoms with Gasteiger partial charge in [-0.3, -0.25) is 0 Å². The van der Waals surface area contributed by atoms with E-state index in [1.54, 1.807) is 0 Å². The monoisotopic (exact) mass is 182 g/mol. The number of aliphatic hydroxyl groups is 1. The van der Waals surface area contributed by atoms with E-state index in [1.807, 2.05) is 6.92 Å². The van der Waals surface area contributed by atoms with Gasteiger partial charge in [0.2, 0.25) is 0 Å². The van der Waals surface area contributed by atoms with Crippen LogP contribution in [-0.2, 0) is 0 Å². The zero-order valence-electron chi connectivity index (χ0n) is 8.71. The Balaban J connectivity index is 2.07. The van der Waals surface area contributed by atoms with Crippen molar-refractivity contribution in [2.45, 2.75) is 58.0 Å². The highest BCUT2D eigenvalue weighted by atomic mass is 16.3. The van der Waals surface area contributed by atoms with Crippen LogP contribution in [0.5, 0.6) is 0 Å². The molecule has 1 rings (SSSR count). The third kappa shape index (κ3) is 5.09. The summed E-state index contributed by atoms with van der Waals surface area (Å²) < 4.78 is 0. The molecule has 0 aliphatic heterocycles. The zero-order valence-corrected chi connectivity index (χ0v) is 8.71. The molecule has 1 nitrogen and oxygen atoms in total. The maximum atomic E-state index is 9.06. The summed E-state index contributed by atoms with van der Waals surface area (Å²) in [7, 11) is 0. The van der Waals surface area contributed by atoms with Crippen LogP contribution in [0.15, 0.2) is 12.2 Å². The van der Waals surface area contributed by atoms with E-state index in [2.05, 4.69) is 12.2 Å². The van der Waals surface area contributed by atoms with E-state index in [0.717, 1.165) is 18.8 Å². The summed E-state index contributed by atoms with van der Waals surface area (Å²) in [6.45, 7) is 1.86. The second-order valence-electron chi connectivity index (χ2n) is 4.25. The van der Waals surface area contributed by atoms with Crippen LogP contribution in [0.25, 0.3) is 0 Å². The van der Waals surface area contributed by atoms with Crippen molar-refractivity contribution in [3.63, 3.8) is 0 Å². The molecule has 1 atom stereocenters. The van der Waals surface area contributed by atoms with E-state index in [9.17, 15) is 0 Å². The molecule has 76 valence electrons. The van der Waals surface area contributed by atoms with Crippen LogP contribution in [-0.4, -0.2) is 11.2 Å². The molecular formula is C12H22O. The Hall–Kier alpha value is -0.300. The van der Waals surface area contributed by atoms with Gasteiger partial charge in [0.05, 0.1) is 6.10 Å². The van der Waals surface area contributed by atoms with Crippen LogP contribution in [0, 0.1) is 5.92 Å². The highest BCUT2D eigenvalue weighted by molar-refractivity contribution is 4.89. The average molecular weight is 182 g/mol. The second-order valence-corrected chi connectivity index (χ2v) is 4.25. The predicted molar refractivity (Wildman–Crippen MR) is 56.6 cm³/mol. The molecule has 0 spiro atoms. The molecule has 13 heavy (non-hydrogen) atoms. The number of rotatable bonds is 4. The Kier molecular flexibility index (Phi) is 5.14. The summed E-state index contributed by atoms with van der Waals surface area (Å²) in [5, 5.41) is 9.06. The minimum absolute atomic E-state index is 0.143. The SMILES string of the molecule is CC(O)CCC=CC1CCCCC1. The van der Waals surface area contributed by atoms with Gasteiger partial charge in [-0.25, -0.2) is 0 Å². The van der Waals surface area contributed by atoms with Crippen molar-refractivity contribution in [1.29, 1.82) is 0 Å². The molecule has 0 bridgehead atoms. The van der Waals surface area contributed by atoms with Crippen molar-refractivity contribution in [2.24, 2.45) is 5.92 Å². The third-order valence-corrected chi connectivity index (χ3v) is 2.81. The molecule has 1 heteroatoms. The molecule has 1 unspecified atom stereocenters. The Morgan fingerprint density at radius 1 is 1.31 bits per heavy atom. The minimum atomic E-state index is -0.143. The van der Waals surface area contributed by atoms with Crippen LogP contribution in [0.2, 0.25) is 0 Å². The summed E-state index contributed by atoms with van der Waals surface area (Å²) in [4.78, 5) is 0. The molecule has 0 aromatic heterocycles. The quantitative estimate of drug-likeness (QED) is 0.661. The van der Waals surface area contributed by atoms with Gasteiger partial charge in [-0.2, -0.15) is 0 Å². The van der Waals surface area contributed by atoms with E-state index in [4.69, 9.17) is 5.11 Å². The fourth-order valence-electron chi connectivity index (χ4n) is 1.95. The molecular weight excluding hydrogens is 160 g/mol. The lowest BCUT2D eigenvalue weighted by molar-refractivity contribution is 0.186. The van der Waals surface area contributed by atoms with Crippen molar-refractivity contribution in [2.75, 3.05) is 0 Å². The summed E-state index contributed by atoms with van der Waals surface area (Å²) >= 11 is 0. The first-order chi connectivity index (χ1) is 6.29. The molecule has 1 aliphatic rings. The zero-order chi connectivity index (χ0) is 9.52. The van der Waals surface area contributed by atoms with Crippen LogP contribution < -0.4 is 0 Å². The first kappa shape index (κ1) is 10.8. The van der Waals surface area contributed by atoms with Crippen LogP contribution >= 0.6 is 0 Å². The van der Waals surface area contributed by atoms with Crippen molar-refractivity contribution in [3.8, 4) is 0 Å². The third-order valence-electron chi connectivity index (χ3n) is 2.81. The van der Waals surface area contributed by atoms with Gasteiger partial charge in [-0.1, -0.05) is 31.4 Å². The Labute approximate surface area is 81.9 Å². The van der Waals surface area contributed by atoms with Gasteiger partial charge in [-0.15, -0.1) is 0 Å². The second kappa shape index (κ2) is 6.20. The van der Waals surface area contributed by atoms with Crippen LogP contribution in [0.4, 0.5) is 0 Å². The topological polar surface area (TPSA) is 20.2 Å². The Bertz CT molecular complexity index is 143.